The Labute approximate surface area is 160 Å². The molecule has 0 aliphatic carbocycles. The Morgan fingerprint density at radius 2 is 2.11 bits per heavy atom. The van der Waals surface area contributed by atoms with E-state index in [2.05, 4.69) is 10.3 Å². The fourth-order valence-electron chi connectivity index (χ4n) is 3.20. The molecule has 2 unspecified atom stereocenters. The van der Waals surface area contributed by atoms with Crippen molar-refractivity contribution in [3.8, 4) is 5.75 Å². The minimum Gasteiger partial charge on any atom is -0.487 e. The molecular formula is C21H27N3O3. The molecule has 27 heavy (non-hydrogen) atoms. The minimum absolute atomic E-state index is 0.116. The maximum absolute atomic E-state index is 12.5. The van der Waals surface area contributed by atoms with Crippen molar-refractivity contribution in [1.82, 2.24) is 10.3 Å². The number of carbonyl (C=O) groups excluding carboxylic acids is 1. The van der Waals surface area contributed by atoms with E-state index in [9.17, 15) is 4.79 Å². The molecule has 3 rings (SSSR count). The number of rotatable bonds is 7. The van der Waals surface area contributed by atoms with Gasteiger partial charge in [0, 0.05) is 19.4 Å². The number of hydrogen-bond acceptors (Lipinski definition) is 5. The van der Waals surface area contributed by atoms with Crippen LogP contribution in [0.5, 0.6) is 5.75 Å². The van der Waals surface area contributed by atoms with Gasteiger partial charge < -0.3 is 20.5 Å². The molecule has 144 valence electrons. The van der Waals surface area contributed by atoms with E-state index in [0.29, 0.717) is 19.8 Å². The second kappa shape index (κ2) is 9.48. The van der Waals surface area contributed by atoms with E-state index >= 15 is 0 Å². The first kappa shape index (κ1) is 19.3. The molecular weight excluding hydrogens is 342 g/mol. The van der Waals surface area contributed by atoms with Gasteiger partial charge in [0.15, 0.2) is 0 Å². The molecule has 1 aliphatic heterocycles. The molecule has 2 heterocycles. The van der Waals surface area contributed by atoms with Gasteiger partial charge in [-0.2, -0.15) is 0 Å². The van der Waals surface area contributed by atoms with E-state index in [1.807, 2.05) is 49.4 Å². The maximum atomic E-state index is 12.5. The van der Waals surface area contributed by atoms with Crippen LogP contribution in [0.15, 0.2) is 48.7 Å². The molecule has 0 radical (unpaired) electrons. The lowest BCUT2D eigenvalue weighted by molar-refractivity contribution is -0.125. The Bertz CT molecular complexity index is 732. The zero-order valence-electron chi connectivity index (χ0n) is 15.6. The third-order valence-electron chi connectivity index (χ3n) is 4.91. The van der Waals surface area contributed by atoms with Crippen molar-refractivity contribution >= 4 is 5.91 Å². The number of ether oxygens (including phenoxy) is 2. The summed E-state index contributed by atoms with van der Waals surface area (Å²) < 4.78 is 11.2. The number of nitrogens with one attached hydrogen (secondary N) is 1. The largest absolute Gasteiger partial charge is 0.487 e. The van der Waals surface area contributed by atoms with Crippen molar-refractivity contribution in [1.29, 1.82) is 0 Å². The van der Waals surface area contributed by atoms with Crippen molar-refractivity contribution in [2.24, 2.45) is 11.7 Å². The standard InChI is InChI=1S/C21H27N3O3/c1-15(24-21(25)20(22)16-8-11-26-12-9-16)17-5-4-7-19(13-17)27-14-18-6-2-3-10-23-18/h2-7,10,13,15-16,20H,8-9,11-12,14,22H2,1H3,(H,24,25). The molecule has 2 atom stereocenters. The number of carbonyl (C=O) groups is 1. The minimum atomic E-state index is -0.500. The highest BCUT2D eigenvalue weighted by molar-refractivity contribution is 5.82. The van der Waals surface area contributed by atoms with E-state index in [0.717, 1.165) is 29.8 Å². The van der Waals surface area contributed by atoms with Crippen LogP contribution in [-0.4, -0.2) is 30.1 Å². The molecule has 1 aromatic heterocycles. The predicted molar refractivity (Wildman–Crippen MR) is 103 cm³/mol. The van der Waals surface area contributed by atoms with Crippen LogP contribution in [0, 0.1) is 5.92 Å². The van der Waals surface area contributed by atoms with Gasteiger partial charge in [-0.05, 0) is 55.5 Å². The molecule has 1 aromatic carbocycles. The van der Waals surface area contributed by atoms with Crippen LogP contribution in [0.3, 0.4) is 0 Å². The average Bonchev–Trinajstić information content (AvgIpc) is 2.73. The number of pyridine rings is 1. The second-order valence-corrected chi connectivity index (χ2v) is 6.89. The van der Waals surface area contributed by atoms with Crippen LogP contribution < -0.4 is 15.8 Å². The van der Waals surface area contributed by atoms with Crippen molar-refractivity contribution < 1.29 is 14.3 Å². The Morgan fingerprint density at radius 1 is 1.30 bits per heavy atom. The van der Waals surface area contributed by atoms with E-state index in [-0.39, 0.29) is 17.9 Å². The van der Waals surface area contributed by atoms with Crippen LogP contribution in [0.1, 0.15) is 37.1 Å². The maximum Gasteiger partial charge on any atom is 0.237 e. The lowest BCUT2D eigenvalue weighted by Gasteiger charge is -2.28. The molecule has 1 fully saturated rings. The van der Waals surface area contributed by atoms with Crippen molar-refractivity contribution in [2.45, 2.75) is 38.5 Å². The molecule has 1 saturated heterocycles. The summed E-state index contributed by atoms with van der Waals surface area (Å²) >= 11 is 0. The molecule has 2 aromatic rings. The topological polar surface area (TPSA) is 86.5 Å². The third kappa shape index (κ3) is 5.52. The number of nitrogens with zero attached hydrogens (tertiary/aromatic N) is 1. The quantitative estimate of drug-likeness (QED) is 0.783. The van der Waals surface area contributed by atoms with E-state index in [1.54, 1.807) is 6.20 Å². The lowest BCUT2D eigenvalue weighted by atomic mass is 9.91. The highest BCUT2D eigenvalue weighted by Gasteiger charge is 2.27. The summed E-state index contributed by atoms with van der Waals surface area (Å²) in [5, 5.41) is 3.02. The van der Waals surface area contributed by atoms with E-state index in [1.165, 1.54) is 0 Å². The molecule has 1 aliphatic rings. The molecule has 0 spiro atoms. The van der Waals surface area contributed by atoms with Gasteiger partial charge in [-0.15, -0.1) is 0 Å². The summed E-state index contributed by atoms with van der Waals surface area (Å²) in [6, 6.07) is 12.8. The van der Waals surface area contributed by atoms with E-state index < -0.39 is 6.04 Å². The monoisotopic (exact) mass is 369 g/mol. The highest BCUT2D eigenvalue weighted by atomic mass is 16.5. The second-order valence-electron chi connectivity index (χ2n) is 6.89. The van der Waals surface area contributed by atoms with Gasteiger partial charge in [0.2, 0.25) is 5.91 Å². The highest BCUT2D eigenvalue weighted by Crippen LogP contribution is 2.22. The fraction of sp³-hybridized carbons (Fsp3) is 0.429. The Hall–Kier alpha value is -2.44. The third-order valence-corrected chi connectivity index (χ3v) is 4.91. The van der Waals surface area contributed by atoms with Crippen LogP contribution in [0.4, 0.5) is 0 Å². The van der Waals surface area contributed by atoms with Gasteiger partial charge in [0.05, 0.1) is 17.8 Å². The van der Waals surface area contributed by atoms with Crippen LogP contribution in [0.25, 0.3) is 0 Å². The van der Waals surface area contributed by atoms with Crippen LogP contribution in [0.2, 0.25) is 0 Å². The first-order valence-electron chi connectivity index (χ1n) is 9.40. The average molecular weight is 369 g/mol. The van der Waals surface area contributed by atoms with Gasteiger partial charge in [0.25, 0.3) is 0 Å². The summed E-state index contributed by atoms with van der Waals surface area (Å²) in [5.41, 5.74) is 8.00. The molecule has 6 nitrogen and oxygen atoms in total. The number of nitrogens with two attached hydrogens (primary N) is 1. The van der Waals surface area contributed by atoms with Crippen LogP contribution in [-0.2, 0) is 16.1 Å². The molecule has 1 amide bonds. The Kier molecular flexibility index (Phi) is 6.79. The first-order valence-corrected chi connectivity index (χ1v) is 9.40. The molecule has 0 saturated carbocycles. The number of aromatic nitrogens is 1. The number of hydrogen-bond donors (Lipinski definition) is 2. The predicted octanol–water partition coefficient (Wildman–Crippen LogP) is 2.59. The Balaban J connectivity index is 1.56. The summed E-state index contributed by atoms with van der Waals surface area (Å²) in [6.45, 7) is 3.71. The van der Waals surface area contributed by atoms with Gasteiger partial charge in [-0.3, -0.25) is 9.78 Å². The summed E-state index contributed by atoms with van der Waals surface area (Å²) in [4.78, 5) is 16.8. The number of benzene rings is 1. The summed E-state index contributed by atoms with van der Waals surface area (Å²) in [7, 11) is 0. The van der Waals surface area contributed by atoms with Gasteiger partial charge >= 0.3 is 0 Å². The van der Waals surface area contributed by atoms with E-state index in [4.69, 9.17) is 15.2 Å². The van der Waals surface area contributed by atoms with Crippen molar-refractivity contribution in [2.75, 3.05) is 13.2 Å². The zero-order chi connectivity index (χ0) is 19.1. The molecule has 0 bridgehead atoms. The van der Waals surface area contributed by atoms with Gasteiger partial charge in [0.1, 0.15) is 12.4 Å². The van der Waals surface area contributed by atoms with Crippen LogP contribution >= 0.6 is 0 Å². The van der Waals surface area contributed by atoms with Gasteiger partial charge in [-0.1, -0.05) is 18.2 Å². The van der Waals surface area contributed by atoms with Crippen molar-refractivity contribution in [3.05, 3.63) is 59.9 Å². The SMILES string of the molecule is CC(NC(=O)C(N)C1CCOCC1)c1cccc(OCc2ccccn2)c1. The number of amides is 1. The summed E-state index contributed by atoms with van der Waals surface area (Å²) in [5.74, 6) is 0.807. The zero-order valence-corrected chi connectivity index (χ0v) is 15.6. The Morgan fingerprint density at radius 3 is 2.85 bits per heavy atom. The molecule has 6 heteroatoms. The molecule has 3 N–H and O–H groups in total. The normalized spacial score (nSPS) is 17.1. The smallest absolute Gasteiger partial charge is 0.237 e. The van der Waals surface area contributed by atoms with Gasteiger partial charge in [-0.25, -0.2) is 0 Å². The summed E-state index contributed by atoms with van der Waals surface area (Å²) in [6.07, 6.45) is 3.41. The fourth-order valence-corrected chi connectivity index (χ4v) is 3.20. The van der Waals surface area contributed by atoms with Crippen molar-refractivity contribution in [3.63, 3.8) is 0 Å². The first-order chi connectivity index (χ1) is 13.1. The lowest BCUT2D eigenvalue weighted by Crippen LogP contribution is -2.47.